The Kier molecular flexibility index (Phi) is 2.47. The second-order valence-corrected chi connectivity index (χ2v) is 2.48. The summed E-state index contributed by atoms with van der Waals surface area (Å²) in [5.74, 6) is -1.70. The largest absolute Gasteiger partial charge is 0.469 e. The maximum Gasteiger partial charge on any atom is 0.313 e. The molecule has 12 heavy (non-hydrogen) atoms. The minimum Gasteiger partial charge on any atom is -0.469 e. The van der Waals surface area contributed by atoms with Gasteiger partial charge in [0.1, 0.15) is 0 Å². The van der Waals surface area contributed by atoms with E-state index in [-0.39, 0.29) is 0 Å². The molecule has 0 aromatic carbocycles. The second-order valence-electron chi connectivity index (χ2n) is 2.48. The molecule has 0 heterocycles. The third-order valence-electron chi connectivity index (χ3n) is 1.86. The summed E-state index contributed by atoms with van der Waals surface area (Å²) in [6, 6.07) is 0. The molecule has 0 bridgehead atoms. The molecule has 0 saturated heterocycles. The highest BCUT2D eigenvalue weighted by molar-refractivity contribution is 5.87. The number of hydrogen-bond donors (Lipinski definition) is 0. The van der Waals surface area contributed by atoms with Gasteiger partial charge in [0.2, 0.25) is 0 Å². The van der Waals surface area contributed by atoms with E-state index >= 15 is 0 Å². The predicted octanol–water partition coefficient (Wildman–Crippen LogP) is 0.135. The average Bonchev–Trinajstić information content (AvgIpc) is 2.02. The van der Waals surface area contributed by atoms with Gasteiger partial charge in [0, 0.05) is 0 Å². The van der Waals surface area contributed by atoms with Crippen molar-refractivity contribution in [3.63, 3.8) is 0 Å². The van der Waals surface area contributed by atoms with Crippen LogP contribution in [0.5, 0.6) is 0 Å². The van der Waals surface area contributed by atoms with Crippen LogP contribution in [0.15, 0.2) is 12.2 Å². The summed E-state index contributed by atoms with van der Waals surface area (Å²) in [4.78, 5) is 21.9. The van der Waals surface area contributed by atoms with Gasteiger partial charge in [-0.15, -0.1) is 0 Å². The Morgan fingerprint density at radius 1 is 1.00 bits per heavy atom. The van der Waals surface area contributed by atoms with E-state index in [4.69, 9.17) is 0 Å². The van der Waals surface area contributed by atoms with Crippen LogP contribution in [0, 0.1) is 11.8 Å². The van der Waals surface area contributed by atoms with Gasteiger partial charge in [-0.1, -0.05) is 12.2 Å². The normalized spacial score (nSPS) is 25.8. The van der Waals surface area contributed by atoms with Gasteiger partial charge in [0.15, 0.2) is 0 Å². The summed E-state index contributed by atoms with van der Waals surface area (Å²) in [6.07, 6.45) is 3.26. The van der Waals surface area contributed by atoms with Gasteiger partial charge in [0.05, 0.1) is 26.1 Å². The van der Waals surface area contributed by atoms with Crippen LogP contribution >= 0.6 is 0 Å². The van der Waals surface area contributed by atoms with Gasteiger partial charge in [-0.05, 0) is 0 Å². The molecule has 1 aliphatic rings. The topological polar surface area (TPSA) is 52.6 Å². The first-order valence-corrected chi connectivity index (χ1v) is 3.54. The third kappa shape index (κ3) is 1.32. The molecular weight excluding hydrogens is 160 g/mol. The predicted molar refractivity (Wildman–Crippen MR) is 40.2 cm³/mol. The lowest BCUT2D eigenvalue weighted by Crippen LogP contribution is -2.34. The number of rotatable bonds is 2. The van der Waals surface area contributed by atoms with Crippen LogP contribution in [-0.4, -0.2) is 26.2 Å². The Hall–Kier alpha value is -1.32. The van der Waals surface area contributed by atoms with Crippen molar-refractivity contribution in [3.05, 3.63) is 12.2 Å². The van der Waals surface area contributed by atoms with E-state index in [1.165, 1.54) is 14.2 Å². The zero-order valence-corrected chi connectivity index (χ0v) is 6.94. The number of carbonyl (C=O) groups is 2. The Bertz CT molecular complexity index is 207. The molecule has 0 saturated carbocycles. The third-order valence-corrected chi connectivity index (χ3v) is 1.86. The minimum atomic E-state index is -0.456. The van der Waals surface area contributed by atoms with Crippen molar-refractivity contribution in [2.75, 3.05) is 14.2 Å². The first-order valence-electron chi connectivity index (χ1n) is 3.54. The van der Waals surface area contributed by atoms with Gasteiger partial charge in [0.25, 0.3) is 0 Å². The summed E-state index contributed by atoms with van der Waals surface area (Å²) in [7, 11) is 2.59. The first-order chi connectivity index (χ1) is 5.70. The van der Waals surface area contributed by atoms with Crippen LogP contribution in [0.4, 0.5) is 0 Å². The SMILES string of the molecule is COC(=O)C1C=CC1C(=O)OC. The fraction of sp³-hybridized carbons (Fsp3) is 0.500. The van der Waals surface area contributed by atoms with E-state index in [1.54, 1.807) is 12.2 Å². The highest BCUT2D eigenvalue weighted by Crippen LogP contribution is 2.27. The van der Waals surface area contributed by atoms with Crippen molar-refractivity contribution in [3.8, 4) is 0 Å². The molecule has 0 radical (unpaired) electrons. The highest BCUT2D eigenvalue weighted by atomic mass is 16.5. The Labute approximate surface area is 70.1 Å². The smallest absolute Gasteiger partial charge is 0.313 e. The lowest BCUT2D eigenvalue weighted by molar-refractivity contribution is -0.155. The lowest BCUT2D eigenvalue weighted by Gasteiger charge is -2.24. The summed E-state index contributed by atoms with van der Waals surface area (Å²) in [5, 5.41) is 0. The van der Waals surface area contributed by atoms with E-state index in [0.717, 1.165) is 0 Å². The van der Waals surface area contributed by atoms with Crippen molar-refractivity contribution < 1.29 is 19.1 Å². The number of esters is 2. The molecule has 66 valence electrons. The van der Waals surface area contributed by atoms with Crippen LogP contribution in [-0.2, 0) is 19.1 Å². The molecule has 2 atom stereocenters. The Morgan fingerprint density at radius 3 is 1.50 bits per heavy atom. The first kappa shape index (κ1) is 8.77. The molecule has 0 amide bonds. The summed E-state index contributed by atoms with van der Waals surface area (Å²) in [5.41, 5.74) is 0. The van der Waals surface area contributed by atoms with Gasteiger partial charge in [-0.25, -0.2) is 0 Å². The van der Waals surface area contributed by atoms with E-state index in [9.17, 15) is 9.59 Å². The van der Waals surface area contributed by atoms with Crippen molar-refractivity contribution in [2.45, 2.75) is 0 Å². The molecule has 0 aromatic heterocycles. The molecular formula is C8H10O4. The van der Waals surface area contributed by atoms with Crippen LogP contribution in [0.2, 0.25) is 0 Å². The lowest BCUT2D eigenvalue weighted by atomic mass is 9.82. The number of hydrogen-bond acceptors (Lipinski definition) is 4. The quantitative estimate of drug-likeness (QED) is 0.436. The van der Waals surface area contributed by atoms with Crippen molar-refractivity contribution >= 4 is 11.9 Å². The van der Waals surface area contributed by atoms with Crippen LogP contribution < -0.4 is 0 Å². The van der Waals surface area contributed by atoms with Crippen molar-refractivity contribution in [1.82, 2.24) is 0 Å². The molecule has 1 aliphatic carbocycles. The van der Waals surface area contributed by atoms with Gasteiger partial charge in [-0.3, -0.25) is 9.59 Å². The summed E-state index contributed by atoms with van der Waals surface area (Å²) < 4.78 is 8.96. The number of ether oxygens (including phenoxy) is 2. The molecule has 0 fully saturated rings. The number of methoxy groups -OCH3 is 2. The van der Waals surface area contributed by atoms with E-state index in [2.05, 4.69) is 9.47 Å². The Morgan fingerprint density at radius 2 is 1.33 bits per heavy atom. The molecule has 0 spiro atoms. The van der Waals surface area contributed by atoms with E-state index < -0.39 is 23.8 Å². The molecule has 0 aliphatic heterocycles. The Balaban J connectivity index is 2.57. The standard InChI is InChI=1S/C8H10O4/c1-11-7(9)5-3-4-6(5)8(10)12-2/h3-6H,1-2H3. The van der Waals surface area contributed by atoms with E-state index in [0.29, 0.717) is 0 Å². The van der Waals surface area contributed by atoms with Crippen LogP contribution in [0.1, 0.15) is 0 Å². The number of carbonyl (C=O) groups excluding carboxylic acids is 2. The van der Waals surface area contributed by atoms with Gasteiger partial charge in [-0.2, -0.15) is 0 Å². The highest BCUT2D eigenvalue weighted by Gasteiger charge is 2.37. The second kappa shape index (κ2) is 3.38. The van der Waals surface area contributed by atoms with E-state index in [1.807, 2.05) is 0 Å². The van der Waals surface area contributed by atoms with Crippen molar-refractivity contribution in [2.24, 2.45) is 11.8 Å². The monoisotopic (exact) mass is 170 g/mol. The minimum absolute atomic E-state index is 0.395. The molecule has 2 unspecified atom stereocenters. The van der Waals surface area contributed by atoms with Gasteiger partial charge < -0.3 is 9.47 Å². The van der Waals surface area contributed by atoms with Gasteiger partial charge >= 0.3 is 11.9 Å². The zero-order valence-electron chi connectivity index (χ0n) is 6.94. The maximum atomic E-state index is 10.9. The van der Waals surface area contributed by atoms with Crippen LogP contribution in [0.25, 0.3) is 0 Å². The average molecular weight is 170 g/mol. The summed E-state index contributed by atoms with van der Waals surface area (Å²) in [6.45, 7) is 0. The van der Waals surface area contributed by atoms with Crippen LogP contribution in [0.3, 0.4) is 0 Å². The molecule has 4 nitrogen and oxygen atoms in total. The molecule has 1 rings (SSSR count). The molecule has 0 aromatic rings. The maximum absolute atomic E-state index is 10.9. The fourth-order valence-electron chi connectivity index (χ4n) is 1.06. The fourth-order valence-corrected chi connectivity index (χ4v) is 1.06. The zero-order chi connectivity index (χ0) is 9.14. The molecule has 0 N–H and O–H groups in total. The summed E-state index contributed by atoms with van der Waals surface area (Å²) >= 11 is 0. The van der Waals surface area contributed by atoms with Crippen molar-refractivity contribution in [1.29, 1.82) is 0 Å². The molecule has 4 heteroatoms.